The van der Waals surface area contributed by atoms with E-state index in [0.717, 1.165) is 21.2 Å². The van der Waals surface area contributed by atoms with E-state index in [1.54, 1.807) is 53.4 Å². The minimum atomic E-state index is -4.00. The number of hydrogen-bond acceptors (Lipinski definition) is 7. The smallest absolute Gasteiger partial charge is 0.243 e. The SMILES string of the molecule is COCC12CN(S(=O)(=O)c3ccc4cc(Cl)ccc4c3)CC(=O)N1CC1(CCN(c3cc[n+]([O-])cc3)CC1)O2. The molecule has 0 radical (unpaired) electrons. The second-order valence-corrected chi connectivity index (χ2v) is 12.8. The molecule has 39 heavy (non-hydrogen) atoms. The number of halogens is 1. The van der Waals surface area contributed by atoms with Crippen LogP contribution >= 0.6 is 11.6 Å². The number of anilines is 1. The number of rotatable bonds is 5. The molecule has 4 heterocycles. The van der Waals surface area contributed by atoms with E-state index in [1.807, 2.05) is 0 Å². The fourth-order valence-corrected chi connectivity index (χ4v) is 7.67. The average molecular weight is 573 g/mol. The normalized spacial score (nSPS) is 23.5. The van der Waals surface area contributed by atoms with E-state index in [4.69, 9.17) is 21.1 Å². The lowest BCUT2D eigenvalue weighted by Gasteiger charge is -2.44. The third-order valence-electron chi connectivity index (χ3n) is 7.99. The molecule has 0 saturated carbocycles. The van der Waals surface area contributed by atoms with Crippen LogP contribution in [0.25, 0.3) is 10.8 Å². The van der Waals surface area contributed by atoms with Crippen molar-refractivity contribution in [2.75, 3.05) is 51.3 Å². The van der Waals surface area contributed by atoms with E-state index in [2.05, 4.69) is 4.90 Å². The van der Waals surface area contributed by atoms with Crippen LogP contribution < -0.4 is 9.63 Å². The van der Waals surface area contributed by atoms with Gasteiger partial charge in [0.05, 0.1) is 36.7 Å². The monoisotopic (exact) mass is 572 g/mol. The molecule has 3 aromatic rings. The molecule has 1 unspecified atom stereocenters. The summed E-state index contributed by atoms with van der Waals surface area (Å²) in [5.41, 5.74) is -0.880. The van der Waals surface area contributed by atoms with Crippen LogP contribution in [0, 0.1) is 5.21 Å². The third-order valence-corrected chi connectivity index (χ3v) is 10.0. The van der Waals surface area contributed by atoms with Crippen LogP contribution in [-0.4, -0.2) is 81.3 Å². The quantitative estimate of drug-likeness (QED) is 0.341. The number of carbonyl (C=O) groups excluding carboxylic acids is 1. The largest absolute Gasteiger partial charge is 0.619 e. The molecule has 6 rings (SSSR count). The van der Waals surface area contributed by atoms with Crippen molar-refractivity contribution in [3.8, 4) is 0 Å². The Balaban J connectivity index is 1.25. The Kier molecular flexibility index (Phi) is 6.47. The van der Waals surface area contributed by atoms with Crippen molar-refractivity contribution in [1.82, 2.24) is 9.21 Å². The number of nitrogens with zero attached hydrogens (tertiary/aromatic N) is 4. The highest BCUT2D eigenvalue weighted by atomic mass is 35.5. The number of aromatic nitrogens is 1. The van der Waals surface area contributed by atoms with Crippen molar-refractivity contribution in [2.45, 2.75) is 29.1 Å². The molecule has 0 bridgehead atoms. The first-order valence-electron chi connectivity index (χ1n) is 12.8. The number of piperidine rings is 1. The van der Waals surface area contributed by atoms with E-state index in [9.17, 15) is 18.4 Å². The number of amides is 1. The Bertz CT molecular complexity index is 1530. The second kappa shape index (κ2) is 9.60. The number of benzene rings is 2. The Morgan fingerprint density at radius 3 is 2.46 bits per heavy atom. The summed E-state index contributed by atoms with van der Waals surface area (Å²) in [5.74, 6) is -0.309. The Morgan fingerprint density at radius 2 is 1.74 bits per heavy atom. The summed E-state index contributed by atoms with van der Waals surface area (Å²) in [6.45, 7) is 1.49. The van der Waals surface area contributed by atoms with Gasteiger partial charge in [-0.2, -0.15) is 9.04 Å². The van der Waals surface area contributed by atoms with Crippen LogP contribution in [0.4, 0.5) is 5.69 Å². The predicted molar refractivity (Wildman–Crippen MR) is 145 cm³/mol. The van der Waals surface area contributed by atoms with Crippen molar-refractivity contribution in [1.29, 1.82) is 0 Å². The van der Waals surface area contributed by atoms with Gasteiger partial charge < -0.3 is 24.5 Å². The third kappa shape index (κ3) is 4.62. The van der Waals surface area contributed by atoms with Crippen LogP contribution in [0.2, 0.25) is 5.02 Å². The number of sulfonamides is 1. The summed E-state index contributed by atoms with van der Waals surface area (Å²) in [4.78, 5) is 17.4. The zero-order valence-corrected chi connectivity index (χ0v) is 23.0. The number of ether oxygens (including phenoxy) is 2. The molecule has 1 spiro atoms. The molecule has 2 aromatic carbocycles. The van der Waals surface area contributed by atoms with E-state index >= 15 is 0 Å². The van der Waals surface area contributed by atoms with Crippen LogP contribution in [0.3, 0.4) is 0 Å². The van der Waals surface area contributed by atoms with Gasteiger partial charge in [-0.3, -0.25) is 4.79 Å². The van der Waals surface area contributed by atoms with Crippen LogP contribution in [0.15, 0.2) is 65.8 Å². The molecule has 1 atom stereocenters. The van der Waals surface area contributed by atoms with Gasteiger partial charge in [0, 0.05) is 43.0 Å². The van der Waals surface area contributed by atoms with Crippen molar-refractivity contribution < 1.29 is 27.4 Å². The number of pyridine rings is 1. The fraction of sp³-hybridized carbons (Fsp3) is 0.407. The minimum Gasteiger partial charge on any atom is -0.619 e. The zero-order valence-electron chi connectivity index (χ0n) is 21.5. The van der Waals surface area contributed by atoms with Gasteiger partial charge in [-0.1, -0.05) is 23.7 Å². The molecule has 10 nitrogen and oxygen atoms in total. The maximum absolute atomic E-state index is 13.8. The summed E-state index contributed by atoms with van der Waals surface area (Å²) >= 11 is 6.08. The number of hydrogen-bond donors (Lipinski definition) is 0. The van der Waals surface area contributed by atoms with Crippen molar-refractivity contribution >= 4 is 44.0 Å². The molecule has 0 N–H and O–H groups in total. The van der Waals surface area contributed by atoms with Crippen molar-refractivity contribution in [2.24, 2.45) is 0 Å². The maximum atomic E-state index is 13.8. The van der Waals surface area contributed by atoms with E-state index in [-0.39, 0.29) is 30.5 Å². The lowest BCUT2D eigenvalue weighted by molar-refractivity contribution is -0.605. The van der Waals surface area contributed by atoms with Gasteiger partial charge >= 0.3 is 0 Å². The Labute approximate surface area is 231 Å². The zero-order chi connectivity index (χ0) is 27.4. The van der Waals surface area contributed by atoms with E-state index in [1.165, 1.54) is 23.8 Å². The first-order chi connectivity index (χ1) is 18.6. The summed E-state index contributed by atoms with van der Waals surface area (Å²) in [5, 5.41) is 13.6. The summed E-state index contributed by atoms with van der Waals surface area (Å²) in [6, 6.07) is 13.7. The Morgan fingerprint density at radius 1 is 1.05 bits per heavy atom. The molecule has 0 aliphatic carbocycles. The van der Waals surface area contributed by atoms with E-state index < -0.39 is 21.3 Å². The maximum Gasteiger partial charge on any atom is 0.243 e. The molecule has 3 aliphatic heterocycles. The van der Waals surface area contributed by atoms with Crippen LogP contribution in [0.1, 0.15) is 12.8 Å². The van der Waals surface area contributed by atoms with Gasteiger partial charge in [-0.05, 0) is 47.9 Å². The molecule has 206 valence electrons. The van der Waals surface area contributed by atoms with Gasteiger partial charge in [-0.15, -0.1) is 0 Å². The number of carbonyl (C=O) groups is 1. The first kappa shape index (κ1) is 26.3. The topological polar surface area (TPSA) is 106 Å². The molecule has 3 fully saturated rings. The van der Waals surface area contributed by atoms with E-state index in [0.29, 0.717) is 37.5 Å². The first-order valence-corrected chi connectivity index (χ1v) is 14.6. The standard InChI is InChI=1S/C27H29ClN4O6S/c1-37-19-27-18-31(39(35,36)24-5-3-20-14-22(28)4-2-21(20)15-24)16-25(33)32(27)17-26(38-27)8-12-29(13-9-26)23-6-10-30(34)11-7-23/h2-7,10-11,14-15H,8-9,12-13,16-19H2,1H3. The Hall–Kier alpha value is -2.96. The molecule has 3 saturated heterocycles. The highest BCUT2D eigenvalue weighted by Crippen LogP contribution is 2.44. The lowest BCUT2D eigenvalue weighted by Crippen LogP contribution is -2.65. The lowest BCUT2D eigenvalue weighted by atomic mass is 9.91. The van der Waals surface area contributed by atoms with Gasteiger partial charge in [0.2, 0.25) is 15.9 Å². The number of piperazine rings is 1. The number of fused-ring (bicyclic) bond motifs is 2. The molecule has 1 amide bonds. The molecular weight excluding hydrogens is 544 g/mol. The van der Waals surface area contributed by atoms with Gasteiger partial charge in [0.1, 0.15) is 0 Å². The predicted octanol–water partition coefficient (Wildman–Crippen LogP) is 2.37. The fourth-order valence-electron chi connectivity index (χ4n) is 6.02. The highest BCUT2D eigenvalue weighted by molar-refractivity contribution is 7.89. The average Bonchev–Trinajstić information content (AvgIpc) is 3.23. The van der Waals surface area contributed by atoms with Gasteiger partial charge in [-0.25, -0.2) is 8.42 Å². The molecule has 12 heteroatoms. The molecule has 3 aliphatic rings. The van der Waals surface area contributed by atoms with Crippen LogP contribution in [-0.2, 0) is 24.3 Å². The highest BCUT2D eigenvalue weighted by Gasteiger charge is 2.60. The molecular formula is C27H29ClN4O6S. The number of methoxy groups -OCH3 is 1. The summed E-state index contributed by atoms with van der Waals surface area (Å²) < 4.78 is 41.7. The van der Waals surface area contributed by atoms with Crippen molar-refractivity contribution in [3.05, 3.63) is 71.2 Å². The van der Waals surface area contributed by atoms with Crippen LogP contribution in [0.5, 0.6) is 0 Å². The van der Waals surface area contributed by atoms with Gasteiger partial charge in [0.25, 0.3) is 0 Å². The summed E-state index contributed by atoms with van der Waals surface area (Å²) in [7, 11) is -2.48. The summed E-state index contributed by atoms with van der Waals surface area (Å²) in [6.07, 6.45) is 4.24. The van der Waals surface area contributed by atoms with Crippen molar-refractivity contribution in [3.63, 3.8) is 0 Å². The minimum absolute atomic E-state index is 0.0266. The van der Waals surface area contributed by atoms with Gasteiger partial charge in [0.15, 0.2) is 18.1 Å². The molecule has 1 aromatic heterocycles. The second-order valence-electron chi connectivity index (χ2n) is 10.5.